The van der Waals surface area contributed by atoms with Crippen LogP contribution < -0.4 is 4.74 Å². The molecule has 4 rings (SSSR count). The molecular formula is C16H18ClN3OS. The predicted molar refractivity (Wildman–Crippen MR) is 88.6 cm³/mol. The fourth-order valence-corrected chi connectivity index (χ4v) is 4.46. The molecule has 22 heavy (non-hydrogen) atoms. The van der Waals surface area contributed by atoms with E-state index in [1.807, 2.05) is 24.3 Å². The zero-order valence-electron chi connectivity index (χ0n) is 12.4. The number of piperidine rings is 1. The molecule has 2 unspecified atom stereocenters. The topological polar surface area (TPSA) is 38.2 Å². The first-order valence-corrected chi connectivity index (χ1v) is 8.86. The van der Waals surface area contributed by atoms with E-state index in [2.05, 4.69) is 22.1 Å². The summed E-state index contributed by atoms with van der Waals surface area (Å²) in [6.07, 6.45) is 5.08. The first kappa shape index (κ1) is 14.4. The summed E-state index contributed by atoms with van der Waals surface area (Å²) < 4.78 is 6.10. The molecule has 1 aromatic heterocycles. The third kappa shape index (κ3) is 2.73. The summed E-state index contributed by atoms with van der Waals surface area (Å²) in [5.74, 6) is 0. The molecule has 0 N–H and O–H groups in total. The Bertz CT molecular complexity index is 646. The Morgan fingerprint density at radius 3 is 2.50 bits per heavy atom. The van der Waals surface area contributed by atoms with Gasteiger partial charge in [0.1, 0.15) is 6.10 Å². The van der Waals surface area contributed by atoms with Crippen molar-refractivity contribution in [3.8, 4) is 15.8 Å². The van der Waals surface area contributed by atoms with Crippen LogP contribution in [0.4, 0.5) is 0 Å². The first-order valence-electron chi connectivity index (χ1n) is 7.67. The van der Waals surface area contributed by atoms with Crippen LogP contribution >= 0.6 is 22.9 Å². The van der Waals surface area contributed by atoms with Crippen LogP contribution in [0.2, 0.25) is 5.02 Å². The second-order valence-electron chi connectivity index (χ2n) is 6.14. The quantitative estimate of drug-likeness (QED) is 0.853. The van der Waals surface area contributed by atoms with Gasteiger partial charge in [-0.3, -0.25) is 0 Å². The highest BCUT2D eigenvalue weighted by atomic mass is 35.5. The minimum atomic E-state index is 0.278. The van der Waals surface area contributed by atoms with Crippen LogP contribution in [0.25, 0.3) is 10.6 Å². The number of halogens is 1. The van der Waals surface area contributed by atoms with Gasteiger partial charge in [-0.25, -0.2) is 0 Å². The molecular weight excluding hydrogens is 318 g/mol. The Labute approximate surface area is 139 Å². The number of aromatic nitrogens is 2. The molecule has 2 aliphatic rings. The monoisotopic (exact) mass is 335 g/mol. The molecule has 1 aromatic carbocycles. The fourth-order valence-electron chi connectivity index (χ4n) is 3.57. The summed E-state index contributed by atoms with van der Waals surface area (Å²) in [6, 6.07) is 9.01. The number of benzene rings is 1. The summed E-state index contributed by atoms with van der Waals surface area (Å²) in [5, 5.41) is 10.7. The molecule has 2 aliphatic heterocycles. The number of hydrogen-bond donors (Lipinski definition) is 0. The third-order valence-corrected chi connectivity index (χ3v) is 5.94. The third-order valence-electron chi connectivity index (χ3n) is 4.82. The van der Waals surface area contributed by atoms with Crippen molar-refractivity contribution in [1.82, 2.24) is 15.1 Å². The van der Waals surface area contributed by atoms with Crippen LogP contribution in [0.3, 0.4) is 0 Å². The summed E-state index contributed by atoms with van der Waals surface area (Å²) in [5.41, 5.74) is 1.03. The van der Waals surface area contributed by atoms with Crippen molar-refractivity contribution < 1.29 is 4.74 Å². The molecule has 2 saturated heterocycles. The van der Waals surface area contributed by atoms with Crippen molar-refractivity contribution in [1.29, 1.82) is 0 Å². The lowest BCUT2D eigenvalue weighted by Crippen LogP contribution is -2.43. The Morgan fingerprint density at radius 1 is 1.14 bits per heavy atom. The van der Waals surface area contributed by atoms with E-state index in [1.54, 1.807) is 0 Å². The predicted octanol–water partition coefficient (Wildman–Crippen LogP) is 3.86. The Morgan fingerprint density at radius 2 is 1.82 bits per heavy atom. The van der Waals surface area contributed by atoms with Crippen molar-refractivity contribution in [3.05, 3.63) is 29.3 Å². The molecule has 2 aromatic rings. The zero-order chi connectivity index (χ0) is 15.1. The normalized spacial score (nSPS) is 28.0. The van der Waals surface area contributed by atoms with Crippen LogP contribution in [-0.4, -0.2) is 40.3 Å². The molecule has 0 aliphatic carbocycles. The lowest BCUT2D eigenvalue weighted by atomic mass is 10.0. The maximum Gasteiger partial charge on any atom is 0.294 e. The molecule has 116 valence electrons. The van der Waals surface area contributed by atoms with Crippen molar-refractivity contribution >= 4 is 22.9 Å². The minimum absolute atomic E-state index is 0.278. The van der Waals surface area contributed by atoms with Gasteiger partial charge < -0.3 is 9.64 Å². The summed E-state index contributed by atoms with van der Waals surface area (Å²) >= 11 is 7.42. The second-order valence-corrected chi connectivity index (χ2v) is 7.52. The Balaban J connectivity index is 1.45. The number of fused-ring (bicyclic) bond motifs is 2. The van der Waals surface area contributed by atoms with E-state index >= 15 is 0 Å². The van der Waals surface area contributed by atoms with Gasteiger partial charge in [0.2, 0.25) is 0 Å². The average molecular weight is 336 g/mol. The van der Waals surface area contributed by atoms with E-state index in [-0.39, 0.29) is 6.10 Å². The van der Waals surface area contributed by atoms with E-state index in [0.717, 1.165) is 28.4 Å². The van der Waals surface area contributed by atoms with E-state index in [9.17, 15) is 0 Å². The van der Waals surface area contributed by atoms with E-state index in [1.165, 1.54) is 24.2 Å². The van der Waals surface area contributed by atoms with Gasteiger partial charge in [-0.1, -0.05) is 40.2 Å². The Hall–Kier alpha value is -1.17. The van der Waals surface area contributed by atoms with E-state index in [4.69, 9.17) is 16.3 Å². The van der Waals surface area contributed by atoms with E-state index < -0.39 is 0 Å². The van der Waals surface area contributed by atoms with Gasteiger partial charge in [0.05, 0.1) is 0 Å². The Kier molecular flexibility index (Phi) is 3.80. The maximum absolute atomic E-state index is 6.10. The highest BCUT2D eigenvalue weighted by Crippen LogP contribution is 2.37. The summed E-state index contributed by atoms with van der Waals surface area (Å²) in [4.78, 5) is 2.51. The standard InChI is InChI=1S/C16H18ClN3OS/c1-20-12-6-7-13(20)9-14(8-12)21-16-19-18-15(22-16)10-2-4-11(17)5-3-10/h2-5,12-14H,6-9H2,1H3. The van der Waals surface area contributed by atoms with Crippen LogP contribution in [0.1, 0.15) is 25.7 Å². The summed E-state index contributed by atoms with van der Waals surface area (Å²) in [6.45, 7) is 0. The van der Waals surface area contributed by atoms with E-state index in [0.29, 0.717) is 17.3 Å². The van der Waals surface area contributed by atoms with Crippen LogP contribution in [0, 0.1) is 0 Å². The number of ether oxygens (including phenoxy) is 1. The molecule has 0 amide bonds. The van der Waals surface area contributed by atoms with Gasteiger partial charge in [-0.05, 0) is 44.9 Å². The molecule has 2 atom stereocenters. The largest absolute Gasteiger partial charge is 0.465 e. The lowest BCUT2D eigenvalue weighted by molar-refractivity contribution is 0.0655. The maximum atomic E-state index is 6.10. The van der Waals surface area contributed by atoms with Gasteiger partial charge in [0.25, 0.3) is 5.19 Å². The second kappa shape index (κ2) is 5.80. The van der Waals surface area contributed by atoms with Gasteiger partial charge in [0.15, 0.2) is 5.01 Å². The molecule has 6 heteroatoms. The van der Waals surface area contributed by atoms with Crippen molar-refractivity contribution in [2.75, 3.05) is 7.05 Å². The van der Waals surface area contributed by atoms with Gasteiger partial charge in [0, 0.05) is 22.7 Å². The molecule has 2 bridgehead atoms. The highest BCUT2D eigenvalue weighted by molar-refractivity contribution is 7.16. The molecule has 3 heterocycles. The minimum Gasteiger partial charge on any atom is -0.465 e. The van der Waals surface area contributed by atoms with Crippen LogP contribution in [-0.2, 0) is 0 Å². The molecule has 0 radical (unpaired) electrons. The number of hydrogen-bond acceptors (Lipinski definition) is 5. The lowest BCUT2D eigenvalue weighted by Gasteiger charge is -2.35. The van der Waals surface area contributed by atoms with Crippen LogP contribution in [0.15, 0.2) is 24.3 Å². The van der Waals surface area contributed by atoms with Crippen molar-refractivity contribution in [2.24, 2.45) is 0 Å². The molecule has 0 spiro atoms. The smallest absolute Gasteiger partial charge is 0.294 e. The van der Waals surface area contributed by atoms with Crippen molar-refractivity contribution in [2.45, 2.75) is 43.9 Å². The van der Waals surface area contributed by atoms with Crippen LogP contribution in [0.5, 0.6) is 5.19 Å². The average Bonchev–Trinajstić information content (AvgIpc) is 3.03. The number of nitrogens with zero attached hydrogens (tertiary/aromatic N) is 3. The molecule has 4 nitrogen and oxygen atoms in total. The van der Waals surface area contributed by atoms with Gasteiger partial charge in [-0.2, -0.15) is 0 Å². The molecule has 0 saturated carbocycles. The fraction of sp³-hybridized carbons (Fsp3) is 0.500. The first-order chi connectivity index (χ1) is 10.7. The van der Waals surface area contributed by atoms with Crippen molar-refractivity contribution in [3.63, 3.8) is 0 Å². The number of rotatable bonds is 3. The molecule has 2 fully saturated rings. The summed E-state index contributed by atoms with van der Waals surface area (Å²) in [7, 11) is 2.24. The van der Waals surface area contributed by atoms with Gasteiger partial charge in [-0.15, -0.1) is 5.10 Å². The van der Waals surface area contributed by atoms with Gasteiger partial charge >= 0.3 is 0 Å². The SMILES string of the molecule is CN1C2CCC1CC(Oc1nnc(-c3ccc(Cl)cc3)s1)C2. The highest BCUT2D eigenvalue weighted by Gasteiger charge is 2.39. The zero-order valence-corrected chi connectivity index (χ0v) is 14.0.